The predicted molar refractivity (Wildman–Crippen MR) is 63.1 cm³/mol. The van der Waals surface area contributed by atoms with Crippen LogP contribution in [0.1, 0.15) is 10.4 Å². The van der Waals surface area contributed by atoms with Gasteiger partial charge in [0.15, 0.2) is 0 Å². The van der Waals surface area contributed by atoms with Gasteiger partial charge in [-0.05, 0) is 35.9 Å². The highest BCUT2D eigenvalue weighted by atomic mass is 19.1. The normalized spacial score (nSPS) is 10.2. The number of hydrogen-bond donors (Lipinski definition) is 0. The van der Waals surface area contributed by atoms with E-state index in [9.17, 15) is 13.6 Å². The Hall–Kier alpha value is -2.23. The Bertz CT molecular complexity index is 594. The van der Waals surface area contributed by atoms with Crippen LogP contribution in [-0.4, -0.2) is 13.1 Å². The number of rotatable bonds is 2. The minimum Gasteiger partial charge on any atom is -0.465 e. The van der Waals surface area contributed by atoms with E-state index in [1.807, 2.05) is 0 Å². The molecule has 0 heterocycles. The van der Waals surface area contributed by atoms with Crippen LogP contribution in [0.5, 0.6) is 0 Å². The first kappa shape index (κ1) is 12.2. The third-order valence-electron chi connectivity index (χ3n) is 2.52. The fourth-order valence-corrected chi connectivity index (χ4v) is 1.65. The van der Waals surface area contributed by atoms with Gasteiger partial charge in [0.1, 0.15) is 11.6 Å². The second-order valence-corrected chi connectivity index (χ2v) is 3.70. The summed E-state index contributed by atoms with van der Waals surface area (Å²) in [7, 11) is 1.26. The zero-order chi connectivity index (χ0) is 13.1. The van der Waals surface area contributed by atoms with Crippen LogP contribution in [0.3, 0.4) is 0 Å². The summed E-state index contributed by atoms with van der Waals surface area (Å²) in [6.45, 7) is 0. The molecular formula is C14H10F2O2. The van der Waals surface area contributed by atoms with Gasteiger partial charge < -0.3 is 4.74 Å². The zero-order valence-electron chi connectivity index (χ0n) is 9.61. The fraction of sp³-hybridized carbons (Fsp3) is 0.0714. The van der Waals surface area contributed by atoms with Crippen LogP contribution < -0.4 is 0 Å². The summed E-state index contributed by atoms with van der Waals surface area (Å²) in [5.41, 5.74) is 0.828. The highest BCUT2D eigenvalue weighted by Gasteiger charge is 2.10. The molecule has 18 heavy (non-hydrogen) atoms. The van der Waals surface area contributed by atoms with E-state index in [0.29, 0.717) is 11.1 Å². The number of carbonyl (C=O) groups is 1. The zero-order valence-corrected chi connectivity index (χ0v) is 9.61. The average molecular weight is 248 g/mol. The van der Waals surface area contributed by atoms with Crippen LogP contribution in [-0.2, 0) is 4.74 Å². The Morgan fingerprint density at radius 1 is 1.11 bits per heavy atom. The molecule has 0 N–H and O–H groups in total. The summed E-state index contributed by atoms with van der Waals surface area (Å²) in [5.74, 6) is -1.60. The summed E-state index contributed by atoms with van der Waals surface area (Å²) in [6.07, 6.45) is 0. The van der Waals surface area contributed by atoms with E-state index in [4.69, 9.17) is 0 Å². The van der Waals surface area contributed by atoms with Crippen molar-refractivity contribution in [3.63, 3.8) is 0 Å². The van der Waals surface area contributed by atoms with Gasteiger partial charge >= 0.3 is 5.97 Å². The molecule has 0 atom stereocenters. The molecule has 0 aliphatic rings. The van der Waals surface area contributed by atoms with Gasteiger partial charge in [-0.3, -0.25) is 0 Å². The van der Waals surface area contributed by atoms with Crippen LogP contribution in [0, 0.1) is 11.6 Å². The van der Waals surface area contributed by atoms with E-state index in [2.05, 4.69) is 4.74 Å². The SMILES string of the molecule is COC(=O)c1cccc(-c2cc(F)ccc2F)c1. The van der Waals surface area contributed by atoms with Gasteiger partial charge in [-0.2, -0.15) is 0 Å². The molecule has 2 nitrogen and oxygen atoms in total. The van der Waals surface area contributed by atoms with Crippen molar-refractivity contribution in [1.82, 2.24) is 0 Å². The number of hydrogen-bond acceptors (Lipinski definition) is 2. The Morgan fingerprint density at radius 2 is 1.89 bits per heavy atom. The quantitative estimate of drug-likeness (QED) is 0.761. The molecule has 0 aliphatic heterocycles. The van der Waals surface area contributed by atoms with Gasteiger partial charge in [-0.15, -0.1) is 0 Å². The summed E-state index contributed by atoms with van der Waals surface area (Å²) in [5, 5.41) is 0. The molecule has 0 aromatic heterocycles. The van der Waals surface area contributed by atoms with Crippen molar-refractivity contribution in [1.29, 1.82) is 0 Å². The van der Waals surface area contributed by atoms with Crippen molar-refractivity contribution in [3.8, 4) is 11.1 Å². The number of ether oxygens (including phenoxy) is 1. The van der Waals surface area contributed by atoms with Gasteiger partial charge in [0.05, 0.1) is 12.7 Å². The molecule has 2 aromatic rings. The molecule has 0 bridgehead atoms. The maximum atomic E-state index is 13.6. The minimum atomic E-state index is -0.543. The fourth-order valence-electron chi connectivity index (χ4n) is 1.65. The van der Waals surface area contributed by atoms with Gasteiger partial charge in [0.25, 0.3) is 0 Å². The first-order valence-electron chi connectivity index (χ1n) is 5.25. The van der Waals surface area contributed by atoms with Crippen molar-refractivity contribution in [2.75, 3.05) is 7.11 Å². The molecule has 0 unspecified atom stereocenters. The molecule has 2 aromatic carbocycles. The summed E-state index contributed by atoms with van der Waals surface area (Å²) in [4.78, 5) is 11.4. The van der Waals surface area contributed by atoms with E-state index >= 15 is 0 Å². The Kier molecular flexibility index (Phi) is 3.37. The van der Waals surface area contributed by atoms with Crippen LogP contribution in [0.15, 0.2) is 42.5 Å². The minimum absolute atomic E-state index is 0.112. The standard InChI is InChI=1S/C14H10F2O2/c1-18-14(17)10-4-2-3-9(7-10)12-8-11(15)5-6-13(12)16/h2-8H,1H3. The molecule has 92 valence electrons. The lowest BCUT2D eigenvalue weighted by Gasteiger charge is -2.05. The lowest BCUT2D eigenvalue weighted by atomic mass is 10.0. The molecule has 0 saturated heterocycles. The Balaban J connectivity index is 2.51. The molecule has 4 heteroatoms. The number of carbonyl (C=O) groups excluding carboxylic acids is 1. The predicted octanol–water partition coefficient (Wildman–Crippen LogP) is 3.42. The van der Waals surface area contributed by atoms with E-state index in [1.165, 1.54) is 13.2 Å². The lowest BCUT2D eigenvalue weighted by Crippen LogP contribution is -2.01. The molecule has 2 rings (SSSR count). The first-order valence-corrected chi connectivity index (χ1v) is 5.25. The van der Waals surface area contributed by atoms with E-state index in [-0.39, 0.29) is 5.56 Å². The molecule has 0 aliphatic carbocycles. The molecule has 0 fully saturated rings. The van der Waals surface area contributed by atoms with Crippen LogP contribution in [0.4, 0.5) is 8.78 Å². The molecule has 0 radical (unpaired) electrons. The van der Waals surface area contributed by atoms with Crippen LogP contribution in [0.25, 0.3) is 11.1 Å². The van der Waals surface area contributed by atoms with Gasteiger partial charge in [0.2, 0.25) is 0 Å². The van der Waals surface area contributed by atoms with E-state index < -0.39 is 17.6 Å². The molecular weight excluding hydrogens is 238 g/mol. The van der Waals surface area contributed by atoms with E-state index in [1.54, 1.807) is 18.2 Å². The maximum Gasteiger partial charge on any atom is 0.337 e. The smallest absolute Gasteiger partial charge is 0.337 e. The molecule has 0 amide bonds. The van der Waals surface area contributed by atoms with Crippen molar-refractivity contribution in [2.24, 2.45) is 0 Å². The first-order chi connectivity index (χ1) is 8.61. The van der Waals surface area contributed by atoms with Crippen LogP contribution in [0.2, 0.25) is 0 Å². The second kappa shape index (κ2) is 4.96. The lowest BCUT2D eigenvalue weighted by molar-refractivity contribution is 0.0601. The Morgan fingerprint density at radius 3 is 2.61 bits per heavy atom. The van der Waals surface area contributed by atoms with E-state index in [0.717, 1.165) is 18.2 Å². The largest absolute Gasteiger partial charge is 0.465 e. The summed E-state index contributed by atoms with van der Waals surface area (Å²) >= 11 is 0. The number of benzene rings is 2. The average Bonchev–Trinajstić information content (AvgIpc) is 2.40. The van der Waals surface area contributed by atoms with Gasteiger partial charge in [-0.1, -0.05) is 12.1 Å². The van der Waals surface area contributed by atoms with Crippen molar-refractivity contribution < 1.29 is 18.3 Å². The van der Waals surface area contributed by atoms with Crippen molar-refractivity contribution in [2.45, 2.75) is 0 Å². The third kappa shape index (κ3) is 2.37. The second-order valence-electron chi connectivity index (χ2n) is 3.70. The monoisotopic (exact) mass is 248 g/mol. The van der Waals surface area contributed by atoms with Gasteiger partial charge in [-0.25, -0.2) is 13.6 Å². The van der Waals surface area contributed by atoms with Gasteiger partial charge in [0, 0.05) is 5.56 Å². The van der Waals surface area contributed by atoms with Crippen molar-refractivity contribution in [3.05, 3.63) is 59.7 Å². The maximum absolute atomic E-state index is 13.6. The van der Waals surface area contributed by atoms with Crippen molar-refractivity contribution >= 4 is 5.97 Å². The summed E-state index contributed by atoms with van der Waals surface area (Å²) < 4.78 is 31.3. The highest BCUT2D eigenvalue weighted by molar-refractivity contribution is 5.91. The molecule has 0 saturated carbocycles. The molecule has 0 spiro atoms. The van der Waals surface area contributed by atoms with Crippen LogP contribution >= 0.6 is 0 Å². The number of methoxy groups -OCH3 is 1. The highest BCUT2D eigenvalue weighted by Crippen LogP contribution is 2.24. The third-order valence-corrected chi connectivity index (χ3v) is 2.52. The topological polar surface area (TPSA) is 26.3 Å². The summed E-state index contributed by atoms with van der Waals surface area (Å²) in [6, 6.07) is 9.39. The Labute approximate surface area is 103 Å². The number of halogens is 2. The number of esters is 1.